The molecular formula is C21H22N4O. The van der Waals surface area contributed by atoms with E-state index >= 15 is 0 Å². The Morgan fingerprint density at radius 3 is 2.85 bits per heavy atom. The Morgan fingerprint density at radius 2 is 2.04 bits per heavy atom. The molecule has 132 valence electrons. The van der Waals surface area contributed by atoms with Crippen LogP contribution >= 0.6 is 0 Å². The Balaban J connectivity index is 1.37. The van der Waals surface area contributed by atoms with Gasteiger partial charge >= 0.3 is 0 Å². The van der Waals surface area contributed by atoms with Gasteiger partial charge in [0.15, 0.2) is 5.76 Å². The molecule has 0 N–H and O–H groups in total. The summed E-state index contributed by atoms with van der Waals surface area (Å²) in [5, 5.41) is 4.21. The van der Waals surface area contributed by atoms with Crippen LogP contribution in [0.1, 0.15) is 47.1 Å². The molecule has 1 aromatic carbocycles. The van der Waals surface area contributed by atoms with Crippen LogP contribution in [0, 0.1) is 6.92 Å². The highest BCUT2D eigenvalue weighted by Crippen LogP contribution is 2.38. The largest absolute Gasteiger partial charge is 0.356 e. The van der Waals surface area contributed by atoms with Crippen LogP contribution in [0.2, 0.25) is 0 Å². The summed E-state index contributed by atoms with van der Waals surface area (Å²) >= 11 is 0. The monoisotopic (exact) mass is 346 g/mol. The number of aromatic nitrogens is 3. The lowest BCUT2D eigenvalue weighted by molar-refractivity contribution is 0.242. The molecule has 2 aliphatic rings. The van der Waals surface area contributed by atoms with E-state index in [9.17, 15) is 0 Å². The van der Waals surface area contributed by atoms with Crippen LogP contribution < -0.4 is 0 Å². The summed E-state index contributed by atoms with van der Waals surface area (Å²) in [5.41, 5.74) is 5.72. The van der Waals surface area contributed by atoms with E-state index in [-0.39, 0.29) is 0 Å². The Bertz CT molecular complexity index is 930. The van der Waals surface area contributed by atoms with Gasteiger partial charge in [0.2, 0.25) is 0 Å². The number of fused-ring (bicyclic) bond motifs is 1. The third kappa shape index (κ3) is 2.92. The van der Waals surface area contributed by atoms with E-state index in [2.05, 4.69) is 27.2 Å². The number of benzene rings is 1. The first-order valence-corrected chi connectivity index (χ1v) is 9.35. The van der Waals surface area contributed by atoms with Gasteiger partial charge in [-0.15, -0.1) is 0 Å². The second kappa shape index (κ2) is 6.32. The van der Waals surface area contributed by atoms with Crippen molar-refractivity contribution in [3.63, 3.8) is 0 Å². The average molecular weight is 346 g/mol. The Kier molecular flexibility index (Phi) is 3.82. The van der Waals surface area contributed by atoms with E-state index in [0.29, 0.717) is 5.92 Å². The van der Waals surface area contributed by atoms with Crippen molar-refractivity contribution in [2.24, 2.45) is 0 Å². The minimum Gasteiger partial charge on any atom is -0.356 e. The predicted molar refractivity (Wildman–Crippen MR) is 98.5 cm³/mol. The molecule has 2 aromatic heterocycles. The van der Waals surface area contributed by atoms with Crippen LogP contribution in [0.25, 0.3) is 11.3 Å². The lowest BCUT2D eigenvalue weighted by Gasteiger charge is -2.28. The highest BCUT2D eigenvalue weighted by atomic mass is 16.5. The Hall–Kier alpha value is -2.53. The van der Waals surface area contributed by atoms with Crippen molar-refractivity contribution in [2.45, 2.75) is 45.2 Å². The first-order chi connectivity index (χ1) is 12.8. The van der Waals surface area contributed by atoms with Gasteiger partial charge in [-0.05, 0) is 19.8 Å². The second-order valence-electron chi connectivity index (χ2n) is 7.38. The number of hydrogen-bond donors (Lipinski definition) is 0. The minimum atomic E-state index is 0.617. The van der Waals surface area contributed by atoms with E-state index in [1.165, 1.54) is 29.7 Å². The smallest absolute Gasteiger partial charge is 0.171 e. The molecule has 0 radical (unpaired) electrons. The molecule has 0 bridgehead atoms. The van der Waals surface area contributed by atoms with E-state index < -0.39 is 0 Å². The highest BCUT2D eigenvalue weighted by Gasteiger charge is 2.28. The SMILES string of the molecule is Cc1noc(-c2ccccc2)c1CN1CCc2nc(C3CC3)ncc2C1. The molecule has 0 spiro atoms. The maximum absolute atomic E-state index is 5.64. The molecule has 1 aliphatic heterocycles. The van der Waals surface area contributed by atoms with Gasteiger partial charge in [0.25, 0.3) is 0 Å². The molecule has 1 aliphatic carbocycles. The molecule has 5 nitrogen and oxygen atoms in total. The molecule has 3 aromatic rings. The number of rotatable bonds is 4. The first kappa shape index (κ1) is 15.7. The summed E-state index contributed by atoms with van der Waals surface area (Å²) in [4.78, 5) is 11.9. The molecule has 3 heterocycles. The summed E-state index contributed by atoms with van der Waals surface area (Å²) in [5.74, 6) is 2.55. The van der Waals surface area contributed by atoms with Gasteiger partial charge in [0, 0.05) is 60.6 Å². The predicted octanol–water partition coefficient (Wildman–Crippen LogP) is 3.88. The quantitative estimate of drug-likeness (QED) is 0.718. The molecule has 5 heteroatoms. The summed E-state index contributed by atoms with van der Waals surface area (Å²) in [6.07, 6.45) is 5.53. The van der Waals surface area contributed by atoms with Gasteiger partial charge in [-0.25, -0.2) is 9.97 Å². The van der Waals surface area contributed by atoms with Crippen molar-refractivity contribution in [2.75, 3.05) is 6.54 Å². The van der Waals surface area contributed by atoms with E-state index in [4.69, 9.17) is 9.51 Å². The first-order valence-electron chi connectivity index (χ1n) is 9.35. The fourth-order valence-electron chi connectivity index (χ4n) is 3.68. The number of aryl methyl sites for hydroxylation is 1. The lowest BCUT2D eigenvalue weighted by atomic mass is 10.0. The average Bonchev–Trinajstić information content (AvgIpc) is 3.47. The van der Waals surface area contributed by atoms with Crippen LogP contribution in [-0.4, -0.2) is 26.6 Å². The summed E-state index contributed by atoms with van der Waals surface area (Å²) in [6, 6.07) is 10.2. The number of hydrogen-bond acceptors (Lipinski definition) is 5. The number of nitrogens with zero attached hydrogens (tertiary/aromatic N) is 4. The normalized spacial score (nSPS) is 17.3. The molecule has 26 heavy (non-hydrogen) atoms. The standard InChI is InChI=1S/C21H22N4O/c1-14-18(20(26-24-14)15-5-3-2-4-6-15)13-25-10-9-19-17(12-25)11-22-21(23-19)16-7-8-16/h2-6,11,16H,7-10,12-13H2,1H3. The zero-order valence-corrected chi connectivity index (χ0v) is 15.0. The summed E-state index contributed by atoms with van der Waals surface area (Å²) < 4.78 is 5.64. The van der Waals surface area contributed by atoms with E-state index in [1.807, 2.05) is 31.3 Å². The molecule has 0 unspecified atom stereocenters. The van der Waals surface area contributed by atoms with Crippen LogP contribution in [-0.2, 0) is 19.5 Å². The van der Waals surface area contributed by atoms with Crippen molar-refractivity contribution in [1.82, 2.24) is 20.0 Å². The zero-order chi connectivity index (χ0) is 17.5. The van der Waals surface area contributed by atoms with Gasteiger partial charge in [-0.1, -0.05) is 35.5 Å². The molecule has 0 amide bonds. The Labute approximate surface area is 153 Å². The van der Waals surface area contributed by atoms with E-state index in [0.717, 1.165) is 48.9 Å². The van der Waals surface area contributed by atoms with Crippen molar-refractivity contribution in [3.05, 3.63) is 64.9 Å². The van der Waals surface area contributed by atoms with Crippen molar-refractivity contribution in [1.29, 1.82) is 0 Å². The van der Waals surface area contributed by atoms with Crippen molar-refractivity contribution < 1.29 is 4.52 Å². The maximum Gasteiger partial charge on any atom is 0.171 e. The summed E-state index contributed by atoms with van der Waals surface area (Å²) in [7, 11) is 0. The third-order valence-electron chi connectivity index (χ3n) is 5.38. The Morgan fingerprint density at radius 1 is 1.19 bits per heavy atom. The van der Waals surface area contributed by atoms with Crippen molar-refractivity contribution >= 4 is 0 Å². The molecular weight excluding hydrogens is 324 g/mol. The van der Waals surface area contributed by atoms with Gasteiger partial charge in [0.1, 0.15) is 5.82 Å². The van der Waals surface area contributed by atoms with Crippen LogP contribution in [0.5, 0.6) is 0 Å². The molecule has 0 saturated heterocycles. The highest BCUT2D eigenvalue weighted by molar-refractivity contribution is 5.61. The van der Waals surface area contributed by atoms with Gasteiger partial charge in [-0.3, -0.25) is 4.90 Å². The zero-order valence-electron chi connectivity index (χ0n) is 15.0. The molecule has 0 atom stereocenters. The fraction of sp³-hybridized carbons (Fsp3) is 0.381. The van der Waals surface area contributed by atoms with Gasteiger partial charge < -0.3 is 4.52 Å². The van der Waals surface area contributed by atoms with Gasteiger partial charge in [-0.2, -0.15) is 0 Å². The van der Waals surface area contributed by atoms with Crippen LogP contribution in [0.4, 0.5) is 0 Å². The molecule has 5 rings (SSSR count). The topological polar surface area (TPSA) is 55.1 Å². The maximum atomic E-state index is 5.64. The fourth-order valence-corrected chi connectivity index (χ4v) is 3.68. The lowest BCUT2D eigenvalue weighted by Crippen LogP contribution is -2.31. The van der Waals surface area contributed by atoms with Crippen LogP contribution in [0.15, 0.2) is 41.1 Å². The minimum absolute atomic E-state index is 0.617. The van der Waals surface area contributed by atoms with Crippen LogP contribution in [0.3, 0.4) is 0 Å². The third-order valence-corrected chi connectivity index (χ3v) is 5.38. The van der Waals surface area contributed by atoms with Gasteiger partial charge in [0.05, 0.1) is 5.69 Å². The molecule has 1 fully saturated rings. The molecule has 1 saturated carbocycles. The second-order valence-corrected chi connectivity index (χ2v) is 7.38. The van der Waals surface area contributed by atoms with E-state index in [1.54, 1.807) is 0 Å². The van der Waals surface area contributed by atoms with Crippen molar-refractivity contribution in [3.8, 4) is 11.3 Å². The summed E-state index contributed by atoms with van der Waals surface area (Å²) in [6.45, 7) is 4.75.